The van der Waals surface area contributed by atoms with Crippen LogP contribution in [0.2, 0.25) is 0 Å². The molecule has 2 fully saturated rings. The van der Waals surface area contributed by atoms with Gasteiger partial charge in [-0.05, 0) is 37.8 Å². The number of pyridine rings is 1. The third-order valence-corrected chi connectivity index (χ3v) is 5.01. The minimum Gasteiger partial charge on any atom is -0.335 e. The van der Waals surface area contributed by atoms with Crippen LogP contribution in [0.15, 0.2) is 30.6 Å². The van der Waals surface area contributed by atoms with Crippen LogP contribution in [-0.4, -0.2) is 32.4 Å². The zero-order valence-corrected chi connectivity index (χ0v) is 13.4. The maximum atomic E-state index is 12.7. The number of carbonyl (C=O) groups is 1. The van der Waals surface area contributed by atoms with Crippen LogP contribution in [0.3, 0.4) is 0 Å². The van der Waals surface area contributed by atoms with Crippen molar-refractivity contribution in [1.82, 2.24) is 19.6 Å². The van der Waals surface area contributed by atoms with Gasteiger partial charge in [-0.15, -0.1) is 0 Å². The number of carbonyl (C=O) groups excluding carboxylic acids is 1. The molecule has 2 aromatic heterocycles. The van der Waals surface area contributed by atoms with Gasteiger partial charge in [0.1, 0.15) is 5.65 Å². The Hall–Kier alpha value is -2.04. The van der Waals surface area contributed by atoms with Gasteiger partial charge in [0.25, 0.3) is 0 Å². The van der Waals surface area contributed by atoms with Gasteiger partial charge in [-0.25, -0.2) is 9.78 Å². The van der Waals surface area contributed by atoms with Crippen molar-refractivity contribution in [3.63, 3.8) is 0 Å². The molecule has 2 aliphatic rings. The summed E-state index contributed by atoms with van der Waals surface area (Å²) in [6.45, 7) is 0.633. The maximum absolute atomic E-state index is 12.7. The Morgan fingerprint density at radius 2 is 2.04 bits per heavy atom. The summed E-state index contributed by atoms with van der Waals surface area (Å²) in [5, 5.41) is 3.26. The SMILES string of the molecule is O=C(NC1CCCCC1)N(Cc1cnc2ccccn12)C1CC1. The third-order valence-electron chi connectivity index (χ3n) is 5.01. The lowest BCUT2D eigenvalue weighted by atomic mass is 9.96. The van der Waals surface area contributed by atoms with Crippen LogP contribution in [0, 0.1) is 0 Å². The van der Waals surface area contributed by atoms with Crippen LogP contribution in [-0.2, 0) is 6.54 Å². The monoisotopic (exact) mass is 312 g/mol. The Morgan fingerprint density at radius 1 is 1.22 bits per heavy atom. The quantitative estimate of drug-likeness (QED) is 0.941. The molecule has 0 aliphatic heterocycles. The van der Waals surface area contributed by atoms with Gasteiger partial charge in [0.05, 0.1) is 18.4 Å². The van der Waals surface area contributed by atoms with E-state index in [4.69, 9.17) is 0 Å². The highest BCUT2D eigenvalue weighted by Gasteiger charge is 2.34. The minimum absolute atomic E-state index is 0.102. The normalized spacial score (nSPS) is 19.0. The lowest BCUT2D eigenvalue weighted by Gasteiger charge is -2.28. The Balaban J connectivity index is 1.48. The Morgan fingerprint density at radius 3 is 2.83 bits per heavy atom. The molecule has 0 bridgehead atoms. The number of rotatable bonds is 4. The topological polar surface area (TPSA) is 49.6 Å². The molecule has 0 spiro atoms. The highest BCUT2D eigenvalue weighted by Crippen LogP contribution is 2.29. The molecule has 1 N–H and O–H groups in total. The summed E-state index contributed by atoms with van der Waals surface area (Å²) in [5.74, 6) is 0. The van der Waals surface area contributed by atoms with Crippen molar-refractivity contribution in [2.45, 2.75) is 63.6 Å². The van der Waals surface area contributed by atoms with E-state index in [-0.39, 0.29) is 6.03 Å². The van der Waals surface area contributed by atoms with E-state index in [1.54, 1.807) is 0 Å². The second kappa shape index (κ2) is 6.22. The maximum Gasteiger partial charge on any atom is 0.318 e. The summed E-state index contributed by atoms with van der Waals surface area (Å²) in [7, 11) is 0. The second-order valence-electron chi connectivity index (χ2n) is 6.82. The Bertz CT molecular complexity index is 685. The first kappa shape index (κ1) is 14.5. The van der Waals surface area contributed by atoms with Crippen LogP contribution in [0.25, 0.3) is 5.65 Å². The molecule has 0 saturated heterocycles. The predicted molar refractivity (Wildman–Crippen MR) is 89.2 cm³/mol. The number of aromatic nitrogens is 2. The van der Waals surface area contributed by atoms with Gasteiger partial charge in [-0.2, -0.15) is 0 Å². The lowest BCUT2D eigenvalue weighted by Crippen LogP contribution is -2.46. The fourth-order valence-electron chi connectivity index (χ4n) is 3.53. The van der Waals surface area contributed by atoms with Gasteiger partial charge in [0, 0.05) is 18.3 Å². The van der Waals surface area contributed by atoms with E-state index in [0.29, 0.717) is 18.6 Å². The van der Waals surface area contributed by atoms with Crippen LogP contribution in [0.1, 0.15) is 50.6 Å². The van der Waals surface area contributed by atoms with E-state index in [9.17, 15) is 4.79 Å². The molecule has 0 atom stereocenters. The molecule has 0 aromatic carbocycles. The van der Waals surface area contributed by atoms with E-state index in [0.717, 1.165) is 37.0 Å². The fourth-order valence-corrected chi connectivity index (χ4v) is 3.53. The first-order valence-corrected chi connectivity index (χ1v) is 8.79. The highest BCUT2D eigenvalue weighted by molar-refractivity contribution is 5.75. The molecule has 122 valence electrons. The van der Waals surface area contributed by atoms with E-state index < -0.39 is 0 Å². The molecule has 23 heavy (non-hydrogen) atoms. The molecular weight excluding hydrogens is 288 g/mol. The zero-order chi connectivity index (χ0) is 15.6. The van der Waals surface area contributed by atoms with Crippen molar-refractivity contribution in [1.29, 1.82) is 0 Å². The number of fused-ring (bicyclic) bond motifs is 1. The average Bonchev–Trinajstić information content (AvgIpc) is 3.34. The third kappa shape index (κ3) is 3.19. The van der Waals surface area contributed by atoms with Crippen molar-refractivity contribution in [2.24, 2.45) is 0 Å². The van der Waals surface area contributed by atoms with Crippen LogP contribution in [0.5, 0.6) is 0 Å². The number of hydrogen-bond acceptors (Lipinski definition) is 2. The molecule has 0 radical (unpaired) electrons. The molecule has 2 saturated carbocycles. The number of amides is 2. The van der Waals surface area contributed by atoms with Gasteiger partial charge in [0.15, 0.2) is 0 Å². The van der Waals surface area contributed by atoms with E-state index in [2.05, 4.69) is 14.7 Å². The largest absolute Gasteiger partial charge is 0.335 e. The first-order chi connectivity index (χ1) is 11.3. The van der Waals surface area contributed by atoms with E-state index >= 15 is 0 Å². The fraction of sp³-hybridized carbons (Fsp3) is 0.556. The van der Waals surface area contributed by atoms with Crippen LogP contribution >= 0.6 is 0 Å². The summed E-state index contributed by atoms with van der Waals surface area (Å²) in [6.07, 6.45) is 12.2. The Kier molecular flexibility index (Phi) is 3.93. The first-order valence-electron chi connectivity index (χ1n) is 8.79. The summed E-state index contributed by atoms with van der Waals surface area (Å²) in [6, 6.07) is 6.84. The molecule has 5 heteroatoms. The summed E-state index contributed by atoms with van der Waals surface area (Å²) in [4.78, 5) is 19.2. The number of urea groups is 1. The number of hydrogen-bond donors (Lipinski definition) is 1. The smallest absolute Gasteiger partial charge is 0.318 e. The van der Waals surface area contributed by atoms with E-state index in [1.165, 1.54) is 19.3 Å². The summed E-state index contributed by atoms with van der Waals surface area (Å²) < 4.78 is 2.07. The van der Waals surface area contributed by atoms with Gasteiger partial charge < -0.3 is 14.6 Å². The summed E-state index contributed by atoms with van der Waals surface area (Å²) >= 11 is 0. The lowest BCUT2D eigenvalue weighted by molar-refractivity contribution is 0.183. The average molecular weight is 312 g/mol. The molecule has 2 heterocycles. The van der Waals surface area contributed by atoms with Crippen LogP contribution < -0.4 is 5.32 Å². The molecular formula is C18H24N4O. The summed E-state index contributed by atoms with van der Waals surface area (Å²) in [5.41, 5.74) is 2.01. The highest BCUT2D eigenvalue weighted by atomic mass is 16.2. The number of nitrogens with one attached hydrogen (secondary N) is 1. The van der Waals surface area contributed by atoms with Gasteiger partial charge in [0.2, 0.25) is 0 Å². The van der Waals surface area contributed by atoms with Gasteiger partial charge >= 0.3 is 6.03 Å². The zero-order valence-electron chi connectivity index (χ0n) is 13.4. The minimum atomic E-state index is 0.102. The van der Waals surface area contributed by atoms with Gasteiger partial charge in [-0.3, -0.25) is 0 Å². The molecule has 4 rings (SSSR count). The van der Waals surface area contributed by atoms with Crippen molar-refractivity contribution in [2.75, 3.05) is 0 Å². The number of nitrogens with zero attached hydrogens (tertiary/aromatic N) is 3. The molecule has 2 aliphatic carbocycles. The Labute approximate surface area is 136 Å². The predicted octanol–water partition coefficient (Wildman–Crippen LogP) is 3.34. The molecule has 2 amide bonds. The number of imidazole rings is 1. The molecule has 0 unspecified atom stereocenters. The van der Waals surface area contributed by atoms with Crippen molar-refractivity contribution in [3.8, 4) is 0 Å². The van der Waals surface area contributed by atoms with E-state index in [1.807, 2.05) is 35.5 Å². The van der Waals surface area contributed by atoms with Crippen molar-refractivity contribution >= 4 is 11.7 Å². The van der Waals surface area contributed by atoms with Crippen LogP contribution in [0.4, 0.5) is 4.79 Å². The van der Waals surface area contributed by atoms with Gasteiger partial charge in [-0.1, -0.05) is 25.3 Å². The second-order valence-corrected chi connectivity index (χ2v) is 6.82. The molecule has 2 aromatic rings. The van der Waals surface area contributed by atoms with Crippen molar-refractivity contribution < 1.29 is 4.79 Å². The molecule has 5 nitrogen and oxygen atoms in total. The van der Waals surface area contributed by atoms with Crippen molar-refractivity contribution in [3.05, 3.63) is 36.3 Å². The standard InChI is InChI=1S/C18H24N4O/c23-18(20-14-6-2-1-3-7-14)22(15-9-10-15)13-16-12-19-17-8-4-5-11-21(16)17/h4-5,8,11-12,14-15H,1-3,6-7,9-10,13H2,(H,20,23).